The number of aryl methyl sites for hydroxylation is 4. The van der Waals surface area contributed by atoms with Crippen molar-refractivity contribution in [3.63, 3.8) is 0 Å². The van der Waals surface area contributed by atoms with Crippen LogP contribution < -0.4 is 10.1 Å². The van der Waals surface area contributed by atoms with E-state index in [-0.39, 0.29) is 28.8 Å². The van der Waals surface area contributed by atoms with Crippen molar-refractivity contribution in [1.29, 1.82) is 0 Å². The Bertz CT molecular complexity index is 1440. The van der Waals surface area contributed by atoms with Gasteiger partial charge in [-0.25, -0.2) is 8.42 Å². The molecule has 0 radical (unpaired) electrons. The number of benzene rings is 2. The molecule has 1 aromatic heterocycles. The standard InChI is InChI=1S/C28H33N3O5S/c1-18-8-10-20(3)22(15-18)11-13-26-27(21(4)30-36-26)37(33,34)31-14-6-7-23(17-31)28(32)29-24-16-19(2)9-12-25(24)35-5/h8-13,15-16,23H,6-7,14,17H2,1-5H3,(H,29,32). The first kappa shape index (κ1) is 26.6. The van der Waals surface area contributed by atoms with Gasteiger partial charge in [-0.1, -0.05) is 41.1 Å². The van der Waals surface area contributed by atoms with Crippen molar-refractivity contribution in [2.75, 3.05) is 25.5 Å². The van der Waals surface area contributed by atoms with Crippen LogP contribution in [0.25, 0.3) is 12.2 Å². The van der Waals surface area contributed by atoms with Crippen molar-refractivity contribution in [3.05, 3.63) is 70.1 Å². The molecule has 0 bridgehead atoms. The lowest BCUT2D eigenvalue weighted by Gasteiger charge is -2.31. The number of piperidine rings is 1. The molecule has 1 unspecified atom stereocenters. The maximum absolute atomic E-state index is 13.7. The Morgan fingerprint density at radius 2 is 1.84 bits per heavy atom. The number of carbonyl (C=O) groups excluding carboxylic acids is 1. The summed E-state index contributed by atoms with van der Waals surface area (Å²) in [5, 5.41) is 6.86. The van der Waals surface area contributed by atoms with E-state index in [2.05, 4.69) is 10.5 Å². The minimum atomic E-state index is -3.94. The number of carbonyl (C=O) groups is 1. The summed E-state index contributed by atoms with van der Waals surface area (Å²) in [7, 11) is -2.40. The molecule has 1 fully saturated rings. The van der Waals surface area contributed by atoms with Crippen LogP contribution in [0.15, 0.2) is 45.8 Å². The second-order valence-corrected chi connectivity index (χ2v) is 11.4. The normalized spacial score (nSPS) is 16.7. The molecule has 4 rings (SSSR count). The molecule has 8 nitrogen and oxygen atoms in total. The predicted molar refractivity (Wildman–Crippen MR) is 144 cm³/mol. The Hall–Kier alpha value is -3.43. The lowest BCUT2D eigenvalue weighted by atomic mass is 9.98. The molecule has 196 valence electrons. The van der Waals surface area contributed by atoms with Gasteiger partial charge in [0.05, 0.1) is 18.7 Å². The Morgan fingerprint density at radius 3 is 2.59 bits per heavy atom. The number of nitrogens with one attached hydrogen (secondary N) is 1. The second-order valence-electron chi connectivity index (χ2n) is 9.55. The number of aromatic nitrogens is 1. The summed E-state index contributed by atoms with van der Waals surface area (Å²) in [6.45, 7) is 7.94. The summed E-state index contributed by atoms with van der Waals surface area (Å²) in [5.41, 5.74) is 4.98. The zero-order valence-electron chi connectivity index (χ0n) is 21.9. The third-order valence-corrected chi connectivity index (χ3v) is 8.67. The second kappa shape index (κ2) is 10.9. The van der Waals surface area contributed by atoms with Crippen molar-refractivity contribution in [3.8, 4) is 5.75 Å². The monoisotopic (exact) mass is 523 g/mol. The number of hydrogen-bond donors (Lipinski definition) is 1. The van der Waals surface area contributed by atoms with Gasteiger partial charge in [-0.2, -0.15) is 4.31 Å². The molecular formula is C28H33N3O5S. The fourth-order valence-corrected chi connectivity index (χ4v) is 6.34. The highest BCUT2D eigenvalue weighted by molar-refractivity contribution is 7.89. The van der Waals surface area contributed by atoms with Crippen molar-refractivity contribution in [1.82, 2.24) is 9.46 Å². The Balaban J connectivity index is 1.56. The molecule has 1 N–H and O–H groups in total. The number of rotatable bonds is 7. The number of anilines is 1. The molecule has 1 atom stereocenters. The molecule has 0 saturated carbocycles. The van der Waals surface area contributed by atoms with E-state index in [9.17, 15) is 13.2 Å². The van der Waals surface area contributed by atoms with Crippen molar-refractivity contribution in [2.45, 2.75) is 45.4 Å². The van der Waals surface area contributed by atoms with Crippen LogP contribution in [-0.4, -0.2) is 44.0 Å². The third-order valence-electron chi connectivity index (χ3n) is 6.65. The summed E-state index contributed by atoms with van der Waals surface area (Å²) in [5.74, 6) is -0.00202. The third kappa shape index (κ3) is 5.78. The Morgan fingerprint density at radius 1 is 1.11 bits per heavy atom. The van der Waals surface area contributed by atoms with E-state index in [0.717, 1.165) is 22.3 Å². The Labute approximate surface area is 218 Å². The molecule has 3 aromatic rings. The van der Waals surface area contributed by atoms with E-state index >= 15 is 0 Å². The fraction of sp³-hybridized carbons (Fsp3) is 0.357. The molecule has 1 saturated heterocycles. The maximum Gasteiger partial charge on any atom is 0.248 e. The molecule has 1 amide bonds. The van der Waals surface area contributed by atoms with Crippen LogP contribution in [0.5, 0.6) is 5.75 Å². The topological polar surface area (TPSA) is 102 Å². The SMILES string of the molecule is COc1ccc(C)cc1NC(=O)C1CCCN(S(=O)(=O)c2c(C)noc2C=Cc2cc(C)ccc2C)C1. The first-order valence-electron chi connectivity index (χ1n) is 12.3. The van der Waals surface area contributed by atoms with Crippen LogP contribution >= 0.6 is 0 Å². The molecule has 1 aliphatic rings. The van der Waals surface area contributed by atoms with Gasteiger partial charge in [0.1, 0.15) is 11.4 Å². The highest BCUT2D eigenvalue weighted by Crippen LogP contribution is 2.31. The lowest BCUT2D eigenvalue weighted by molar-refractivity contribution is -0.120. The van der Waals surface area contributed by atoms with E-state index < -0.39 is 15.9 Å². The van der Waals surface area contributed by atoms with E-state index in [0.29, 0.717) is 30.8 Å². The van der Waals surface area contributed by atoms with Crippen LogP contribution in [0, 0.1) is 33.6 Å². The molecule has 1 aliphatic heterocycles. The van der Waals surface area contributed by atoms with Gasteiger partial charge < -0.3 is 14.6 Å². The van der Waals surface area contributed by atoms with Crippen molar-refractivity contribution >= 4 is 33.8 Å². The number of amides is 1. The number of sulfonamides is 1. The number of hydrogen-bond acceptors (Lipinski definition) is 6. The lowest BCUT2D eigenvalue weighted by Crippen LogP contribution is -2.44. The van der Waals surface area contributed by atoms with Crippen LogP contribution in [0.3, 0.4) is 0 Å². The average Bonchev–Trinajstić information content (AvgIpc) is 3.25. The summed E-state index contributed by atoms with van der Waals surface area (Å²) in [4.78, 5) is 13.2. The number of nitrogens with zero attached hydrogens (tertiary/aromatic N) is 2. The predicted octanol–water partition coefficient (Wildman–Crippen LogP) is 5.13. The zero-order valence-corrected chi connectivity index (χ0v) is 22.7. The van der Waals surface area contributed by atoms with E-state index in [1.165, 1.54) is 4.31 Å². The molecule has 0 aliphatic carbocycles. The van der Waals surface area contributed by atoms with Gasteiger partial charge in [-0.05, 0) is 75.4 Å². The van der Waals surface area contributed by atoms with Crippen LogP contribution in [0.1, 0.15) is 46.5 Å². The highest BCUT2D eigenvalue weighted by atomic mass is 32.2. The smallest absolute Gasteiger partial charge is 0.248 e. The van der Waals surface area contributed by atoms with E-state index in [1.807, 2.05) is 57.2 Å². The van der Waals surface area contributed by atoms with Gasteiger partial charge in [-0.15, -0.1) is 0 Å². The van der Waals surface area contributed by atoms with Gasteiger partial charge >= 0.3 is 0 Å². The number of methoxy groups -OCH3 is 1. The van der Waals surface area contributed by atoms with Gasteiger partial charge in [0, 0.05) is 13.1 Å². The Kier molecular flexibility index (Phi) is 7.85. The largest absolute Gasteiger partial charge is 0.495 e. The summed E-state index contributed by atoms with van der Waals surface area (Å²) in [6, 6.07) is 11.6. The molecule has 0 spiro atoms. The van der Waals surface area contributed by atoms with Crippen molar-refractivity contribution in [2.24, 2.45) is 5.92 Å². The summed E-state index contributed by atoms with van der Waals surface area (Å²) in [6.07, 6.45) is 4.64. The quantitative estimate of drug-likeness (QED) is 0.461. The molecule has 2 aromatic carbocycles. The molecule has 2 heterocycles. The summed E-state index contributed by atoms with van der Waals surface area (Å²) < 4.78 is 39.6. The van der Waals surface area contributed by atoms with Gasteiger partial charge in [-0.3, -0.25) is 4.79 Å². The molecule has 37 heavy (non-hydrogen) atoms. The first-order valence-corrected chi connectivity index (χ1v) is 13.7. The zero-order chi connectivity index (χ0) is 26.7. The van der Waals surface area contributed by atoms with Crippen LogP contribution in [-0.2, 0) is 14.8 Å². The minimum Gasteiger partial charge on any atom is -0.495 e. The average molecular weight is 524 g/mol. The number of ether oxygens (including phenoxy) is 1. The molecular weight excluding hydrogens is 490 g/mol. The van der Waals surface area contributed by atoms with E-state index in [1.54, 1.807) is 26.2 Å². The van der Waals surface area contributed by atoms with E-state index in [4.69, 9.17) is 9.26 Å². The van der Waals surface area contributed by atoms with Crippen LogP contribution in [0.4, 0.5) is 5.69 Å². The van der Waals surface area contributed by atoms with Crippen LogP contribution in [0.2, 0.25) is 0 Å². The first-order chi connectivity index (χ1) is 17.6. The maximum atomic E-state index is 13.7. The van der Waals surface area contributed by atoms with Crippen molar-refractivity contribution < 1.29 is 22.5 Å². The summed E-state index contributed by atoms with van der Waals surface area (Å²) >= 11 is 0. The van der Waals surface area contributed by atoms with Gasteiger partial charge in [0.25, 0.3) is 0 Å². The van der Waals surface area contributed by atoms with Gasteiger partial charge in [0.2, 0.25) is 15.9 Å². The molecule has 9 heteroatoms. The highest BCUT2D eigenvalue weighted by Gasteiger charge is 2.37. The minimum absolute atomic E-state index is 0.0375. The van der Waals surface area contributed by atoms with Gasteiger partial charge in [0.15, 0.2) is 10.7 Å². The fourth-order valence-electron chi connectivity index (χ4n) is 4.56.